The van der Waals surface area contributed by atoms with Crippen molar-refractivity contribution in [1.82, 2.24) is 4.98 Å². The molecule has 3 aromatic rings. The van der Waals surface area contributed by atoms with Crippen molar-refractivity contribution in [2.24, 2.45) is 5.92 Å². The van der Waals surface area contributed by atoms with Crippen LogP contribution in [0.5, 0.6) is 5.75 Å². The summed E-state index contributed by atoms with van der Waals surface area (Å²) in [7, 11) is 0. The van der Waals surface area contributed by atoms with E-state index in [-0.39, 0.29) is 5.41 Å². The lowest BCUT2D eigenvalue weighted by molar-refractivity contribution is 0.301. The molecule has 0 spiro atoms. The van der Waals surface area contributed by atoms with Gasteiger partial charge in [-0.3, -0.25) is 4.98 Å². The molecule has 0 N–H and O–H groups in total. The molecule has 0 bridgehead atoms. The quantitative estimate of drug-likeness (QED) is 0.552. The third kappa shape index (κ3) is 3.80. The van der Waals surface area contributed by atoms with Crippen LogP contribution in [0.4, 0.5) is 0 Å². The van der Waals surface area contributed by atoms with Gasteiger partial charge in [0.2, 0.25) is 0 Å². The Bertz CT molecular complexity index is 822. The van der Waals surface area contributed by atoms with Crippen molar-refractivity contribution in [3.05, 3.63) is 95.3 Å². The van der Waals surface area contributed by atoms with Crippen LogP contribution >= 0.6 is 0 Å². The van der Waals surface area contributed by atoms with Gasteiger partial charge in [-0.25, -0.2) is 0 Å². The minimum absolute atomic E-state index is 0.0345. The lowest BCUT2D eigenvalue weighted by Gasteiger charge is -2.35. The molecule has 0 saturated carbocycles. The normalized spacial score (nSPS) is 13.4. The fourth-order valence-corrected chi connectivity index (χ4v) is 3.27. The van der Waals surface area contributed by atoms with E-state index in [9.17, 15) is 0 Å². The average Bonchev–Trinajstić information content (AvgIpc) is 2.67. The highest BCUT2D eigenvalue weighted by Gasteiger charge is 2.32. The van der Waals surface area contributed by atoms with E-state index >= 15 is 0 Å². The third-order valence-electron chi connectivity index (χ3n) is 5.37. The van der Waals surface area contributed by atoms with E-state index in [2.05, 4.69) is 81.2 Å². The molecule has 0 aliphatic rings. The van der Waals surface area contributed by atoms with E-state index in [0.717, 1.165) is 11.4 Å². The van der Waals surface area contributed by atoms with Crippen LogP contribution < -0.4 is 4.74 Å². The zero-order chi connectivity index (χ0) is 18.6. The van der Waals surface area contributed by atoms with Crippen LogP contribution in [-0.4, -0.2) is 4.98 Å². The Morgan fingerprint density at radius 2 is 1.50 bits per heavy atom. The Hall–Kier alpha value is -2.61. The van der Waals surface area contributed by atoms with Gasteiger partial charge in [0.05, 0.1) is 5.69 Å². The van der Waals surface area contributed by atoms with Crippen molar-refractivity contribution in [3.63, 3.8) is 0 Å². The van der Waals surface area contributed by atoms with E-state index in [4.69, 9.17) is 4.74 Å². The van der Waals surface area contributed by atoms with Crippen LogP contribution in [0.15, 0.2) is 72.9 Å². The van der Waals surface area contributed by atoms with E-state index in [1.54, 1.807) is 6.20 Å². The molecule has 1 unspecified atom stereocenters. The monoisotopic (exact) mass is 345 g/mol. The molecular formula is C24H27NO. The van der Waals surface area contributed by atoms with Gasteiger partial charge in [0.1, 0.15) is 12.4 Å². The molecule has 2 aromatic carbocycles. The zero-order valence-corrected chi connectivity index (χ0v) is 16.1. The Morgan fingerprint density at radius 1 is 0.885 bits per heavy atom. The second-order valence-electron chi connectivity index (χ2n) is 7.36. The first kappa shape index (κ1) is 18.2. The molecule has 26 heavy (non-hydrogen) atoms. The van der Waals surface area contributed by atoms with Gasteiger partial charge in [0, 0.05) is 11.6 Å². The van der Waals surface area contributed by atoms with E-state index < -0.39 is 0 Å². The van der Waals surface area contributed by atoms with Gasteiger partial charge in [-0.2, -0.15) is 0 Å². The fourth-order valence-electron chi connectivity index (χ4n) is 3.27. The number of ether oxygens (including phenoxy) is 1. The Labute approximate surface area is 156 Å². The molecule has 1 atom stereocenters. The van der Waals surface area contributed by atoms with E-state index in [0.29, 0.717) is 12.5 Å². The molecule has 0 aliphatic carbocycles. The predicted molar refractivity (Wildman–Crippen MR) is 107 cm³/mol. The fraction of sp³-hybridized carbons (Fsp3) is 0.292. The van der Waals surface area contributed by atoms with Crippen LogP contribution in [0, 0.1) is 12.8 Å². The van der Waals surface area contributed by atoms with Gasteiger partial charge in [0.25, 0.3) is 0 Å². The summed E-state index contributed by atoms with van der Waals surface area (Å²) in [4.78, 5) is 4.30. The summed E-state index contributed by atoms with van der Waals surface area (Å²) in [6.45, 7) is 9.51. The minimum Gasteiger partial charge on any atom is -0.487 e. The number of rotatable bonds is 6. The molecule has 2 heteroatoms. The second-order valence-corrected chi connectivity index (χ2v) is 7.36. The highest BCUT2D eigenvalue weighted by molar-refractivity contribution is 5.42. The lowest BCUT2D eigenvalue weighted by Crippen LogP contribution is -2.30. The third-order valence-corrected chi connectivity index (χ3v) is 5.37. The number of hydrogen-bond donors (Lipinski definition) is 0. The van der Waals surface area contributed by atoms with Crippen LogP contribution in [0.3, 0.4) is 0 Å². The molecule has 1 aromatic heterocycles. The molecule has 1 heterocycles. The molecule has 134 valence electrons. The molecule has 0 amide bonds. The number of pyridine rings is 1. The molecular weight excluding hydrogens is 318 g/mol. The summed E-state index contributed by atoms with van der Waals surface area (Å²) in [6, 6.07) is 23.3. The maximum Gasteiger partial charge on any atom is 0.130 e. The largest absolute Gasteiger partial charge is 0.487 e. The van der Waals surface area contributed by atoms with Gasteiger partial charge >= 0.3 is 0 Å². The first-order valence-electron chi connectivity index (χ1n) is 9.20. The number of benzene rings is 2. The van der Waals surface area contributed by atoms with E-state index in [1.165, 1.54) is 16.7 Å². The lowest BCUT2D eigenvalue weighted by atomic mass is 9.68. The van der Waals surface area contributed by atoms with Crippen LogP contribution in [0.25, 0.3) is 0 Å². The average molecular weight is 345 g/mol. The molecule has 2 nitrogen and oxygen atoms in total. The predicted octanol–water partition coefficient (Wildman–Crippen LogP) is 5.93. The van der Waals surface area contributed by atoms with Crippen LogP contribution in [0.2, 0.25) is 0 Å². The summed E-state index contributed by atoms with van der Waals surface area (Å²) in [5, 5.41) is 0. The van der Waals surface area contributed by atoms with Crippen LogP contribution in [0.1, 0.15) is 43.2 Å². The van der Waals surface area contributed by atoms with Crippen molar-refractivity contribution in [2.75, 3.05) is 0 Å². The number of hydrogen-bond acceptors (Lipinski definition) is 2. The summed E-state index contributed by atoms with van der Waals surface area (Å²) < 4.78 is 5.88. The highest BCUT2D eigenvalue weighted by atomic mass is 16.5. The summed E-state index contributed by atoms with van der Waals surface area (Å²) in [5.41, 5.74) is 4.84. The van der Waals surface area contributed by atoms with Crippen molar-refractivity contribution in [2.45, 2.75) is 39.7 Å². The Balaban J connectivity index is 1.81. The van der Waals surface area contributed by atoms with E-state index in [1.807, 2.05) is 18.2 Å². The number of nitrogens with zero attached hydrogens (tertiary/aromatic N) is 1. The molecule has 0 fully saturated rings. The van der Waals surface area contributed by atoms with Gasteiger partial charge < -0.3 is 4.74 Å². The molecule has 0 aliphatic heterocycles. The first-order valence-corrected chi connectivity index (χ1v) is 9.20. The SMILES string of the molecule is Cc1ccc(C(C)(c2ccc(OCc3ccccn3)cc2)C(C)C)cc1. The summed E-state index contributed by atoms with van der Waals surface area (Å²) >= 11 is 0. The number of aryl methyl sites for hydroxylation is 1. The molecule has 0 radical (unpaired) electrons. The van der Waals surface area contributed by atoms with Gasteiger partial charge in [-0.05, 0) is 48.2 Å². The van der Waals surface area contributed by atoms with Gasteiger partial charge in [-0.1, -0.05) is 68.8 Å². The Kier molecular flexibility index (Phi) is 5.41. The molecule has 0 saturated heterocycles. The highest BCUT2D eigenvalue weighted by Crippen LogP contribution is 2.39. The van der Waals surface area contributed by atoms with Gasteiger partial charge in [0.15, 0.2) is 0 Å². The minimum atomic E-state index is -0.0345. The number of aromatic nitrogens is 1. The van der Waals surface area contributed by atoms with Crippen molar-refractivity contribution >= 4 is 0 Å². The molecule has 3 rings (SSSR count). The van der Waals surface area contributed by atoms with Gasteiger partial charge in [-0.15, -0.1) is 0 Å². The Morgan fingerprint density at radius 3 is 2.04 bits per heavy atom. The smallest absolute Gasteiger partial charge is 0.130 e. The second kappa shape index (κ2) is 7.74. The summed E-state index contributed by atoms with van der Waals surface area (Å²) in [6.07, 6.45) is 1.79. The summed E-state index contributed by atoms with van der Waals surface area (Å²) in [5.74, 6) is 1.35. The van der Waals surface area contributed by atoms with Crippen molar-refractivity contribution in [1.29, 1.82) is 0 Å². The maximum absolute atomic E-state index is 5.88. The maximum atomic E-state index is 5.88. The van der Waals surface area contributed by atoms with Crippen molar-refractivity contribution in [3.8, 4) is 5.75 Å². The standard InChI is InChI=1S/C24H27NO/c1-18(2)24(4,20-10-8-19(3)9-11-20)21-12-14-23(15-13-21)26-17-22-7-5-6-16-25-22/h5-16,18H,17H2,1-4H3. The van der Waals surface area contributed by atoms with Crippen LogP contribution in [-0.2, 0) is 12.0 Å². The van der Waals surface area contributed by atoms with Crippen molar-refractivity contribution < 1.29 is 4.74 Å². The first-order chi connectivity index (χ1) is 12.5. The zero-order valence-electron chi connectivity index (χ0n) is 16.1. The topological polar surface area (TPSA) is 22.1 Å².